The molecule has 0 radical (unpaired) electrons. The van der Waals surface area contributed by atoms with Crippen molar-refractivity contribution in [2.75, 3.05) is 11.0 Å². The van der Waals surface area contributed by atoms with E-state index in [4.69, 9.17) is 5.11 Å². The lowest BCUT2D eigenvalue weighted by Crippen LogP contribution is -2.42. The van der Waals surface area contributed by atoms with Crippen molar-refractivity contribution in [1.29, 1.82) is 0 Å². The van der Waals surface area contributed by atoms with Crippen LogP contribution < -0.4 is 5.32 Å². The van der Waals surface area contributed by atoms with Gasteiger partial charge in [-0.1, -0.05) is 22.6 Å². The molecule has 0 aliphatic heterocycles. The van der Waals surface area contributed by atoms with Crippen molar-refractivity contribution >= 4 is 34.2 Å². The van der Waals surface area contributed by atoms with E-state index in [9.17, 15) is 20.0 Å². The highest BCUT2D eigenvalue weighted by Gasteiger charge is 2.22. The minimum absolute atomic E-state index is 0.0900. The van der Waals surface area contributed by atoms with E-state index in [2.05, 4.69) is 5.32 Å². The van der Waals surface area contributed by atoms with Crippen LogP contribution >= 0.6 is 22.6 Å². The second-order valence-corrected chi connectivity index (χ2v) is 4.55. The molecule has 1 rings (SSSR count). The minimum Gasteiger partial charge on any atom is -0.394 e. The molecule has 0 saturated carbocycles. The smallest absolute Gasteiger partial charge is 0.269 e. The zero-order valence-electron chi connectivity index (χ0n) is 9.82. The lowest BCUT2D eigenvalue weighted by Gasteiger charge is -2.22. The Balaban J connectivity index is 2.81. The molecular weight excluding hydrogens is 367 g/mol. The van der Waals surface area contributed by atoms with Crippen LogP contribution in [0.5, 0.6) is 0 Å². The lowest BCUT2D eigenvalue weighted by atomic mass is 10.0. The fourth-order valence-corrected chi connectivity index (χ4v) is 1.72. The summed E-state index contributed by atoms with van der Waals surface area (Å²) >= 11 is 1.86. The Bertz CT molecular complexity index is 451. The molecule has 7 nitrogen and oxygen atoms in total. The van der Waals surface area contributed by atoms with E-state index in [-0.39, 0.29) is 16.0 Å². The van der Waals surface area contributed by atoms with Crippen molar-refractivity contribution in [3.63, 3.8) is 0 Å². The molecule has 0 aliphatic carbocycles. The van der Waals surface area contributed by atoms with Crippen molar-refractivity contribution in [2.24, 2.45) is 0 Å². The number of nitrogens with one attached hydrogen (secondary N) is 1. The van der Waals surface area contributed by atoms with Crippen LogP contribution in [-0.4, -0.2) is 38.1 Å². The van der Waals surface area contributed by atoms with Crippen LogP contribution in [0.25, 0.3) is 0 Å². The topological polar surface area (TPSA) is 113 Å². The normalized spacial score (nSPS) is 13.6. The molecule has 0 aromatic heterocycles. The summed E-state index contributed by atoms with van der Waals surface area (Å²) in [4.78, 5) is 21.2. The summed E-state index contributed by atoms with van der Waals surface area (Å²) < 4.78 is 0.210. The predicted octanol–water partition coefficient (Wildman–Crippen LogP) is 0.540. The molecule has 0 fully saturated rings. The molecule has 0 aliphatic rings. The van der Waals surface area contributed by atoms with Gasteiger partial charge in [0, 0.05) is 12.1 Å². The summed E-state index contributed by atoms with van der Waals surface area (Å²) in [5, 5.41) is 32.1. The number of alkyl halides is 1. The summed E-state index contributed by atoms with van der Waals surface area (Å²) in [5.41, 5.74) is 0.297. The molecule has 1 amide bonds. The van der Waals surface area contributed by atoms with Gasteiger partial charge in [-0.2, -0.15) is 0 Å². The molecule has 1 aromatic carbocycles. The quantitative estimate of drug-likeness (QED) is 0.289. The van der Waals surface area contributed by atoms with E-state index in [1.807, 2.05) is 22.6 Å². The maximum absolute atomic E-state index is 11.2. The lowest BCUT2D eigenvalue weighted by molar-refractivity contribution is -0.384. The Hall–Kier alpha value is -1.26. The monoisotopic (exact) mass is 380 g/mol. The molecule has 0 bridgehead atoms. The van der Waals surface area contributed by atoms with Crippen LogP contribution in [0.2, 0.25) is 0 Å². The first-order chi connectivity index (χ1) is 8.99. The van der Waals surface area contributed by atoms with Gasteiger partial charge in [-0.15, -0.1) is 0 Å². The number of halogens is 1. The van der Waals surface area contributed by atoms with Gasteiger partial charge in [0.15, 0.2) is 0 Å². The molecule has 2 atom stereocenters. The van der Waals surface area contributed by atoms with E-state index >= 15 is 0 Å². The van der Waals surface area contributed by atoms with Crippen LogP contribution in [0.1, 0.15) is 11.7 Å². The number of nitro benzene ring substituents is 1. The zero-order chi connectivity index (χ0) is 14.4. The Morgan fingerprint density at radius 2 is 2.00 bits per heavy atom. The number of amides is 1. The van der Waals surface area contributed by atoms with Gasteiger partial charge < -0.3 is 15.5 Å². The van der Waals surface area contributed by atoms with Gasteiger partial charge in [0.25, 0.3) is 5.69 Å². The number of aliphatic hydroxyl groups is 2. The molecule has 0 saturated heterocycles. The first-order valence-electron chi connectivity index (χ1n) is 5.38. The third kappa shape index (κ3) is 4.40. The number of carbonyl (C=O) groups is 1. The highest BCUT2D eigenvalue weighted by atomic mass is 127. The molecule has 0 unspecified atom stereocenters. The summed E-state index contributed by atoms with van der Waals surface area (Å²) in [6, 6.07) is 4.45. The van der Waals surface area contributed by atoms with Gasteiger partial charge >= 0.3 is 0 Å². The number of aliphatic hydroxyl groups excluding tert-OH is 2. The average molecular weight is 380 g/mol. The number of non-ortho nitro benzene ring substituents is 1. The summed E-state index contributed by atoms with van der Waals surface area (Å²) in [6.07, 6.45) is -1.13. The minimum atomic E-state index is -1.13. The van der Waals surface area contributed by atoms with Crippen molar-refractivity contribution in [3.8, 4) is 0 Å². The Kier molecular flexibility index (Phi) is 6.12. The average Bonchev–Trinajstić information content (AvgIpc) is 2.43. The molecule has 3 N–H and O–H groups in total. The van der Waals surface area contributed by atoms with Crippen molar-refractivity contribution in [2.45, 2.75) is 12.1 Å². The van der Waals surface area contributed by atoms with Crippen LogP contribution in [-0.2, 0) is 4.79 Å². The van der Waals surface area contributed by atoms with Gasteiger partial charge in [-0.3, -0.25) is 14.9 Å². The molecule has 1 aromatic rings. The van der Waals surface area contributed by atoms with E-state index < -0.39 is 23.7 Å². The summed E-state index contributed by atoms with van der Waals surface area (Å²) in [6.45, 7) is -0.430. The second kappa shape index (κ2) is 7.36. The van der Waals surface area contributed by atoms with E-state index in [0.29, 0.717) is 5.56 Å². The van der Waals surface area contributed by atoms with Crippen LogP contribution in [0.4, 0.5) is 5.69 Å². The number of rotatable bonds is 6. The van der Waals surface area contributed by atoms with Gasteiger partial charge in [0.05, 0.1) is 22.0 Å². The number of benzene rings is 1. The van der Waals surface area contributed by atoms with Crippen LogP contribution in [0.3, 0.4) is 0 Å². The van der Waals surface area contributed by atoms with Crippen molar-refractivity contribution < 1.29 is 19.9 Å². The van der Waals surface area contributed by atoms with Gasteiger partial charge in [-0.25, -0.2) is 0 Å². The SMILES string of the molecule is O=C(CI)N[C@H](CO)[C@H](O)c1ccc([N+](=O)[O-])cc1. The largest absolute Gasteiger partial charge is 0.394 e. The Morgan fingerprint density at radius 3 is 2.42 bits per heavy atom. The third-order valence-electron chi connectivity index (χ3n) is 2.49. The maximum atomic E-state index is 11.2. The third-order valence-corrected chi connectivity index (χ3v) is 3.18. The summed E-state index contributed by atoms with van der Waals surface area (Å²) in [5.74, 6) is -0.305. The van der Waals surface area contributed by atoms with Crippen LogP contribution in [0.15, 0.2) is 24.3 Å². The van der Waals surface area contributed by atoms with Crippen molar-refractivity contribution in [3.05, 3.63) is 39.9 Å². The van der Waals surface area contributed by atoms with Gasteiger partial charge in [0.2, 0.25) is 5.91 Å². The highest BCUT2D eigenvalue weighted by molar-refractivity contribution is 14.1. The van der Waals surface area contributed by atoms with E-state index in [1.54, 1.807) is 0 Å². The maximum Gasteiger partial charge on any atom is 0.269 e. The zero-order valence-corrected chi connectivity index (χ0v) is 12.0. The van der Waals surface area contributed by atoms with Crippen LogP contribution in [0, 0.1) is 10.1 Å². The number of nitro groups is 1. The Morgan fingerprint density at radius 1 is 1.42 bits per heavy atom. The second-order valence-electron chi connectivity index (χ2n) is 3.78. The van der Waals surface area contributed by atoms with Gasteiger partial charge in [-0.05, 0) is 17.7 Å². The first kappa shape index (κ1) is 15.8. The highest BCUT2D eigenvalue weighted by Crippen LogP contribution is 2.20. The fraction of sp³-hybridized carbons (Fsp3) is 0.364. The molecule has 104 valence electrons. The standard InChI is InChI=1S/C11H13IN2O5/c12-5-10(16)13-9(6-15)11(17)7-1-3-8(4-2-7)14(18)19/h1-4,9,11,15,17H,5-6H2,(H,13,16)/t9-,11-/m1/s1. The molecule has 0 spiro atoms. The molecular formula is C11H13IN2O5. The number of carbonyl (C=O) groups excluding carboxylic acids is 1. The fourth-order valence-electron chi connectivity index (χ4n) is 1.50. The molecule has 19 heavy (non-hydrogen) atoms. The number of hydrogen-bond acceptors (Lipinski definition) is 5. The molecule has 8 heteroatoms. The van der Waals surface area contributed by atoms with E-state index in [1.165, 1.54) is 24.3 Å². The van der Waals surface area contributed by atoms with Crippen molar-refractivity contribution in [1.82, 2.24) is 5.32 Å². The number of nitrogens with zero attached hydrogens (tertiary/aromatic N) is 1. The first-order valence-corrected chi connectivity index (χ1v) is 6.90. The van der Waals surface area contributed by atoms with Gasteiger partial charge in [0.1, 0.15) is 6.10 Å². The Labute approximate surface area is 122 Å². The predicted molar refractivity (Wildman–Crippen MR) is 76.0 cm³/mol. The summed E-state index contributed by atoms with van der Waals surface area (Å²) in [7, 11) is 0. The molecule has 0 heterocycles. The van der Waals surface area contributed by atoms with E-state index in [0.717, 1.165) is 0 Å². The number of hydrogen-bond donors (Lipinski definition) is 3.